The number of aromatic hydroxyl groups is 1. The van der Waals surface area contributed by atoms with Gasteiger partial charge in [-0.2, -0.15) is 0 Å². The largest absolute Gasteiger partial charge is 0.506 e. The molecule has 0 fully saturated rings. The first-order valence-electron chi connectivity index (χ1n) is 5.60. The number of carbonyl (C=O) groups is 2. The fraction of sp³-hybridized carbons (Fsp3) is 0.231. The zero-order valence-electron chi connectivity index (χ0n) is 9.59. The van der Waals surface area contributed by atoms with Gasteiger partial charge in [-0.15, -0.1) is 0 Å². The van der Waals surface area contributed by atoms with Crippen LogP contribution in [0.4, 0.5) is 5.69 Å². The highest BCUT2D eigenvalue weighted by molar-refractivity contribution is 5.96. The Balaban J connectivity index is 2.15. The lowest BCUT2D eigenvalue weighted by Gasteiger charge is -2.12. The van der Waals surface area contributed by atoms with Gasteiger partial charge in [-0.25, -0.2) is 4.79 Å². The van der Waals surface area contributed by atoms with E-state index in [1.165, 1.54) is 18.2 Å². The normalized spacial score (nSPS) is 14.7. The van der Waals surface area contributed by atoms with Crippen molar-refractivity contribution >= 4 is 17.6 Å². The van der Waals surface area contributed by atoms with Gasteiger partial charge in [-0.05, 0) is 31.0 Å². The van der Waals surface area contributed by atoms with E-state index in [9.17, 15) is 14.7 Å². The van der Waals surface area contributed by atoms with Crippen LogP contribution in [0.2, 0.25) is 0 Å². The summed E-state index contributed by atoms with van der Waals surface area (Å²) in [5.41, 5.74) is 0.152. The van der Waals surface area contributed by atoms with Crippen LogP contribution in [-0.4, -0.2) is 22.1 Å². The van der Waals surface area contributed by atoms with E-state index in [0.717, 1.165) is 0 Å². The van der Waals surface area contributed by atoms with E-state index in [-0.39, 0.29) is 28.8 Å². The highest BCUT2D eigenvalue weighted by atomic mass is 16.4. The van der Waals surface area contributed by atoms with Crippen LogP contribution in [0.1, 0.15) is 23.2 Å². The van der Waals surface area contributed by atoms with Gasteiger partial charge >= 0.3 is 5.97 Å². The van der Waals surface area contributed by atoms with Crippen molar-refractivity contribution in [2.24, 2.45) is 5.92 Å². The van der Waals surface area contributed by atoms with Crippen molar-refractivity contribution in [1.82, 2.24) is 0 Å². The molecule has 1 aliphatic carbocycles. The lowest BCUT2D eigenvalue weighted by molar-refractivity contribution is -0.119. The summed E-state index contributed by atoms with van der Waals surface area (Å²) in [6, 6.07) is 3.79. The number of phenols is 1. The molecule has 1 aromatic rings. The van der Waals surface area contributed by atoms with Crippen molar-refractivity contribution in [2.75, 3.05) is 5.32 Å². The second-order valence-electron chi connectivity index (χ2n) is 4.17. The number of carboxylic acid groups (broad SMARTS) is 1. The number of aromatic carboxylic acids is 1. The molecule has 0 aliphatic heterocycles. The minimum atomic E-state index is -1.10. The highest BCUT2D eigenvalue weighted by Gasteiger charge is 2.20. The molecule has 0 unspecified atom stereocenters. The Morgan fingerprint density at radius 3 is 2.50 bits per heavy atom. The number of benzene rings is 1. The Labute approximate surface area is 104 Å². The van der Waals surface area contributed by atoms with E-state index in [2.05, 4.69) is 5.32 Å². The molecular weight excluding hydrogens is 234 g/mol. The third-order valence-electron chi connectivity index (χ3n) is 2.88. The highest BCUT2D eigenvalue weighted by Crippen LogP contribution is 2.26. The first-order chi connectivity index (χ1) is 8.58. The molecule has 5 heteroatoms. The van der Waals surface area contributed by atoms with Gasteiger partial charge in [0.05, 0.1) is 11.3 Å². The van der Waals surface area contributed by atoms with Gasteiger partial charge < -0.3 is 15.5 Å². The fourth-order valence-corrected chi connectivity index (χ4v) is 1.84. The van der Waals surface area contributed by atoms with Crippen molar-refractivity contribution < 1.29 is 19.8 Å². The van der Waals surface area contributed by atoms with Crippen molar-refractivity contribution in [1.29, 1.82) is 0 Å². The SMILES string of the molecule is O=C(O)c1ccc(O)c(NC(=O)C2CC=CC2)c1. The molecule has 2 rings (SSSR count). The number of hydrogen-bond donors (Lipinski definition) is 3. The van der Waals surface area contributed by atoms with Crippen molar-refractivity contribution in [3.63, 3.8) is 0 Å². The minimum Gasteiger partial charge on any atom is -0.506 e. The number of phenolic OH excluding ortho intramolecular Hbond substituents is 1. The first kappa shape index (κ1) is 12.2. The molecule has 18 heavy (non-hydrogen) atoms. The Hall–Kier alpha value is -2.30. The second kappa shape index (κ2) is 4.91. The van der Waals surface area contributed by atoms with Gasteiger partial charge in [0.1, 0.15) is 5.75 Å². The van der Waals surface area contributed by atoms with E-state index in [1.807, 2.05) is 12.2 Å². The molecule has 0 spiro atoms. The molecule has 0 atom stereocenters. The quantitative estimate of drug-likeness (QED) is 0.563. The molecule has 5 nitrogen and oxygen atoms in total. The van der Waals surface area contributed by atoms with E-state index in [4.69, 9.17) is 5.11 Å². The van der Waals surface area contributed by atoms with E-state index < -0.39 is 5.97 Å². The number of rotatable bonds is 3. The van der Waals surface area contributed by atoms with E-state index in [1.54, 1.807) is 0 Å². The van der Waals surface area contributed by atoms with Gasteiger partial charge in [-0.3, -0.25) is 4.79 Å². The summed E-state index contributed by atoms with van der Waals surface area (Å²) in [5, 5.41) is 21.0. The summed E-state index contributed by atoms with van der Waals surface area (Å²) in [6.45, 7) is 0. The Bertz CT molecular complexity index is 514. The van der Waals surface area contributed by atoms with Crippen molar-refractivity contribution in [3.8, 4) is 5.75 Å². The number of nitrogens with one attached hydrogen (secondary N) is 1. The molecule has 1 aliphatic rings. The third kappa shape index (κ3) is 2.51. The number of carboxylic acids is 1. The number of carbonyl (C=O) groups excluding carboxylic acids is 1. The summed E-state index contributed by atoms with van der Waals surface area (Å²) >= 11 is 0. The van der Waals surface area contributed by atoms with Crippen LogP contribution in [0.5, 0.6) is 5.75 Å². The molecule has 0 aromatic heterocycles. The van der Waals surface area contributed by atoms with E-state index in [0.29, 0.717) is 12.8 Å². The molecular formula is C13H13NO4. The molecule has 0 bridgehead atoms. The number of anilines is 1. The van der Waals surface area contributed by atoms with Gasteiger partial charge in [-0.1, -0.05) is 12.2 Å². The second-order valence-corrected chi connectivity index (χ2v) is 4.17. The monoisotopic (exact) mass is 247 g/mol. The van der Waals surface area contributed by atoms with E-state index >= 15 is 0 Å². The topological polar surface area (TPSA) is 86.6 Å². The molecule has 1 aromatic carbocycles. The summed E-state index contributed by atoms with van der Waals surface area (Å²) in [4.78, 5) is 22.6. The fourth-order valence-electron chi connectivity index (χ4n) is 1.84. The maximum atomic E-state index is 11.8. The zero-order valence-corrected chi connectivity index (χ0v) is 9.59. The summed E-state index contributed by atoms with van der Waals surface area (Å²) < 4.78 is 0. The average Bonchev–Trinajstić information content (AvgIpc) is 2.85. The summed E-state index contributed by atoms with van der Waals surface area (Å²) in [5.74, 6) is -1.59. The molecule has 0 heterocycles. The van der Waals surface area contributed by atoms with Crippen LogP contribution in [0, 0.1) is 5.92 Å². The van der Waals surface area contributed by atoms with Gasteiger partial charge in [0.15, 0.2) is 0 Å². The van der Waals surface area contributed by atoms with Crippen molar-refractivity contribution in [3.05, 3.63) is 35.9 Å². The summed E-state index contributed by atoms with van der Waals surface area (Å²) in [7, 11) is 0. The maximum Gasteiger partial charge on any atom is 0.335 e. The van der Waals surface area contributed by atoms with Gasteiger partial charge in [0.25, 0.3) is 0 Å². The third-order valence-corrected chi connectivity index (χ3v) is 2.88. The molecule has 3 N–H and O–H groups in total. The van der Waals surface area contributed by atoms with Crippen LogP contribution in [-0.2, 0) is 4.79 Å². The molecule has 0 saturated heterocycles. The maximum absolute atomic E-state index is 11.8. The van der Waals surface area contributed by atoms with Crippen LogP contribution in [0.15, 0.2) is 30.4 Å². The molecule has 94 valence electrons. The van der Waals surface area contributed by atoms with Gasteiger partial charge in [0.2, 0.25) is 5.91 Å². The lowest BCUT2D eigenvalue weighted by atomic mass is 10.1. The minimum absolute atomic E-state index is 0.0210. The average molecular weight is 247 g/mol. The Kier molecular flexibility index (Phi) is 3.32. The number of amides is 1. The Morgan fingerprint density at radius 2 is 1.89 bits per heavy atom. The predicted octanol–water partition coefficient (Wildman–Crippen LogP) is 2.00. The number of hydrogen-bond acceptors (Lipinski definition) is 3. The van der Waals surface area contributed by atoms with Crippen LogP contribution in [0.25, 0.3) is 0 Å². The molecule has 0 saturated carbocycles. The molecule has 0 radical (unpaired) electrons. The first-order valence-corrected chi connectivity index (χ1v) is 5.60. The Morgan fingerprint density at radius 1 is 1.22 bits per heavy atom. The van der Waals surface area contributed by atoms with Crippen LogP contribution >= 0.6 is 0 Å². The van der Waals surface area contributed by atoms with Crippen LogP contribution < -0.4 is 5.32 Å². The molecule has 1 amide bonds. The zero-order chi connectivity index (χ0) is 13.1. The van der Waals surface area contributed by atoms with Crippen LogP contribution in [0.3, 0.4) is 0 Å². The summed E-state index contributed by atoms with van der Waals surface area (Å²) in [6.07, 6.45) is 5.20. The lowest BCUT2D eigenvalue weighted by Crippen LogP contribution is -2.20. The van der Waals surface area contributed by atoms with Gasteiger partial charge in [0, 0.05) is 5.92 Å². The predicted molar refractivity (Wildman–Crippen MR) is 65.6 cm³/mol. The smallest absolute Gasteiger partial charge is 0.335 e. The standard InChI is InChI=1S/C13H13NO4/c15-11-6-5-9(13(17)18)7-10(11)14-12(16)8-3-1-2-4-8/h1-2,5-8,15H,3-4H2,(H,14,16)(H,17,18). The number of allylic oxidation sites excluding steroid dienone is 2. The van der Waals surface area contributed by atoms with Crippen molar-refractivity contribution in [2.45, 2.75) is 12.8 Å².